The molecule has 0 spiro atoms. The largest absolute Gasteiger partial charge is 0.462 e. The van der Waals surface area contributed by atoms with Crippen molar-refractivity contribution in [3.05, 3.63) is 12.2 Å². The van der Waals surface area contributed by atoms with E-state index in [1.807, 2.05) is 6.92 Å². The second-order valence-corrected chi connectivity index (χ2v) is 4.34. The number of carbonyl (C=O) groups is 1. The first-order valence-corrected chi connectivity index (χ1v) is 5.48. The van der Waals surface area contributed by atoms with Crippen molar-refractivity contribution in [3.8, 4) is 0 Å². The molecule has 0 amide bonds. The Kier molecular flexibility index (Phi) is 4.18. The lowest BCUT2D eigenvalue weighted by atomic mass is 10.1. The molecular weight excluding hydrogens is 176 g/mol. The molecule has 1 fully saturated rings. The Morgan fingerprint density at radius 2 is 2.21 bits per heavy atom. The van der Waals surface area contributed by atoms with E-state index in [1.54, 1.807) is 0 Å². The van der Waals surface area contributed by atoms with Crippen molar-refractivity contribution in [1.82, 2.24) is 0 Å². The van der Waals surface area contributed by atoms with Crippen LogP contribution in [-0.4, -0.2) is 12.6 Å². The molecule has 0 N–H and O–H groups in total. The minimum absolute atomic E-state index is 0.216. The lowest BCUT2D eigenvalue weighted by molar-refractivity contribution is -0.140. The Morgan fingerprint density at radius 1 is 1.50 bits per heavy atom. The molecule has 14 heavy (non-hydrogen) atoms. The maximum Gasteiger partial charge on any atom is 0.333 e. The van der Waals surface area contributed by atoms with Gasteiger partial charge in [0.1, 0.15) is 0 Å². The highest BCUT2D eigenvalue weighted by atomic mass is 16.5. The molecule has 0 aromatic heterocycles. The van der Waals surface area contributed by atoms with Gasteiger partial charge in [-0.3, -0.25) is 0 Å². The summed E-state index contributed by atoms with van der Waals surface area (Å²) in [4.78, 5) is 11.3. The number of ether oxygens (including phenoxy) is 1. The summed E-state index contributed by atoms with van der Waals surface area (Å²) < 4.78 is 5.19. The van der Waals surface area contributed by atoms with Crippen LogP contribution in [0.3, 0.4) is 0 Å². The Hall–Kier alpha value is -0.790. The van der Waals surface area contributed by atoms with E-state index in [1.165, 1.54) is 19.3 Å². The Balaban J connectivity index is 2.20. The van der Waals surface area contributed by atoms with Gasteiger partial charge in [-0.15, -0.1) is 0 Å². The topological polar surface area (TPSA) is 26.3 Å². The third-order valence-electron chi connectivity index (χ3n) is 2.97. The molecule has 1 aliphatic rings. The van der Waals surface area contributed by atoms with Crippen molar-refractivity contribution >= 4 is 5.97 Å². The van der Waals surface area contributed by atoms with Crippen LogP contribution in [0.5, 0.6) is 0 Å². The van der Waals surface area contributed by atoms with E-state index in [-0.39, 0.29) is 5.97 Å². The van der Waals surface area contributed by atoms with Crippen LogP contribution in [0, 0.1) is 11.8 Å². The van der Waals surface area contributed by atoms with Crippen molar-refractivity contribution in [1.29, 1.82) is 0 Å². The van der Waals surface area contributed by atoms with Crippen LogP contribution in [0.15, 0.2) is 12.2 Å². The molecule has 80 valence electrons. The molecule has 1 rings (SSSR count). The van der Waals surface area contributed by atoms with Crippen molar-refractivity contribution < 1.29 is 9.53 Å². The predicted molar refractivity (Wildman–Crippen MR) is 56.9 cm³/mol. The second kappa shape index (κ2) is 5.18. The molecule has 0 bridgehead atoms. The fourth-order valence-electron chi connectivity index (χ4n) is 1.92. The smallest absolute Gasteiger partial charge is 0.333 e. The molecule has 2 atom stereocenters. The normalized spacial score (nSPS) is 26.1. The van der Waals surface area contributed by atoms with Crippen LogP contribution in [0.4, 0.5) is 0 Å². The highest BCUT2D eigenvalue weighted by Crippen LogP contribution is 2.30. The van der Waals surface area contributed by atoms with Gasteiger partial charge in [-0.05, 0) is 31.1 Å². The molecule has 2 unspecified atom stereocenters. The molecule has 0 saturated heterocycles. The number of esters is 1. The zero-order valence-electron chi connectivity index (χ0n) is 9.21. The fourth-order valence-corrected chi connectivity index (χ4v) is 1.92. The van der Waals surface area contributed by atoms with Gasteiger partial charge in [0.05, 0.1) is 6.61 Å². The summed E-state index contributed by atoms with van der Waals surface area (Å²) in [7, 11) is 0. The third kappa shape index (κ3) is 3.17. The average Bonchev–Trinajstić information content (AvgIpc) is 2.59. The van der Waals surface area contributed by atoms with E-state index in [0.717, 1.165) is 5.92 Å². The summed E-state index contributed by atoms with van der Waals surface area (Å²) in [5.74, 6) is 1.17. The van der Waals surface area contributed by atoms with E-state index in [9.17, 15) is 4.79 Å². The van der Waals surface area contributed by atoms with Crippen LogP contribution in [0.25, 0.3) is 0 Å². The van der Waals surface area contributed by atoms with Crippen LogP contribution >= 0.6 is 0 Å². The van der Waals surface area contributed by atoms with Crippen LogP contribution < -0.4 is 0 Å². The van der Waals surface area contributed by atoms with E-state index in [4.69, 9.17) is 4.74 Å². The van der Waals surface area contributed by atoms with E-state index in [0.29, 0.717) is 24.5 Å². The Bertz CT molecular complexity index is 220. The maximum atomic E-state index is 11.3. The van der Waals surface area contributed by atoms with Crippen LogP contribution in [-0.2, 0) is 9.53 Å². The summed E-state index contributed by atoms with van der Waals surface area (Å²) in [5, 5.41) is 0. The third-order valence-corrected chi connectivity index (χ3v) is 2.97. The summed E-state index contributed by atoms with van der Waals surface area (Å²) in [5.41, 5.74) is 0.580. The van der Waals surface area contributed by atoms with Crippen LogP contribution in [0.2, 0.25) is 0 Å². The molecule has 0 aliphatic heterocycles. The fraction of sp³-hybridized carbons (Fsp3) is 0.750. The van der Waals surface area contributed by atoms with E-state index >= 15 is 0 Å². The molecule has 0 aromatic rings. The van der Waals surface area contributed by atoms with Crippen molar-refractivity contribution in [2.75, 3.05) is 6.61 Å². The first-order chi connectivity index (χ1) is 6.63. The molecule has 0 aromatic carbocycles. The molecular formula is C12H20O2. The van der Waals surface area contributed by atoms with E-state index < -0.39 is 0 Å². The van der Waals surface area contributed by atoms with Gasteiger partial charge < -0.3 is 4.74 Å². The molecule has 2 heteroatoms. The summed E-state index contributed by atoms with van der Waals surface area (Å²) in [6, 6.07) is 0. The van der Waals surface area contributed by atoms with Crippen molar-refractivity contribution in [2.24, 2.45) is 11.8 Å². The van der Waals surface area contributed by atoms with Crippen molar-refractivity contribution in [2.45, 2.75) is 39.5 Å². The second-order valence-electron chi connectivity index (χ2n) is 4.34. The Labute approximate surface area is 86.3 Å². The zero-order valence-corrected chi connectivity index (χ0v) is 9.21. The minimum Gasteiger partial charge on any atom is -0.462 e. The van der Waals surface area contributed by atoms with Gasteiger partial charge in [0.25, 0.3) is 0 Å². The minimum atomic E-state index is -0.216. The highest BCUT2D eigenvalue weighted by molar-refractivity contribution is 5.87. The molecule has 0 radical (unpaired) electrons. The van der Waals surface area contributed by atoms with Gasteiger partial charge in [-0.2, -0.15) is 0 Å². The van der Waals surface area contributed by atoms with Gasteiger partial charge in [-0.1, -0.05) is 26.8 Å². The quantitative estimate of drug-likeness (QED) is 0.510. The number of carbonyl (C=O) groups excluding carboxylic acids is 1. The van der Waals surface area contributed by atoms with Crippen molar-refractivity contribution in [3.63, 3.8) is 0 Å². The molecule has 0 heterocycles. The van der Waals surface area contributed by atoms with Crippen LogP contribution in [0.1, 0.15) is 39.5 Å². The summed E-state index contributed by atoms with van der Waals surface area (Å²) >= 11 is 0. The van der Waals surface area contributed by atoms with Gasteiger partial charge in [-0.25, -0.2) is 4.79 Å². The lowest BCUT2D eigenvalue weighted by Gasteiger charge is -2.10. The first-order valence-electron chi connectivity index (χ1n) is 5.48. The number of rotatable bonds is 4. The first kappa shape index (κ1) is 11.3. The maximum absolute atomic E-state index is 11.3. The standard InChI is InChI=1S/C12H20O2/c1-4-10(3)12(13)14-8-11-6-5-9(2)7-11/h9,11H,3-8H2,1-2H3. The highest BCUT2D eigenvalue weighted by Gasteiger charge is 2.22. The monoisotopic (exact) mass is 196 g/mol. The van der Waals surface area contributed by atoms with E-state index in [2.05, 4.69) is 13.5 Å². The lowest BCUT2D eigenvalue weighted by Crippen LogP contribution is -2.13. The summed E-state index contributed by atoms with van der Waals surface area (Å²) in [6.07, 6.45) is 4.36. The average molecular weight is 196 g/mol. The predicted octanol–water partition coefficient (Wildman–Crippen LogP) is 2.93. The zero-order chi connectivity index (χ0) is 10.6. The van der Waals surface area contributed by atoms with Gasteiger partial charge >= 0.3 is 5.97 Å². The summed E-state index contributed by atoms with van der Waals surface area (Å²) in [6.45, 7) is 8.42. The Morgan fingerprint density at radius 3 is 2.71 bits per heavy atom. The molecule has 1 aliphatic carbocycles. The van der Waals surface area contributed by atoms with Gasteiger partial charge in [0, 0.05) is 5.57 Å². The van der Waals surface area contributed by atoms with Gasteiger partial charge in [0.2, 0.25) is 0 Å². The molecule has 2 nitrogen and oxygen atoms in total. The number of hydrogen-bond donors (Lipinski definition) is 0. The number of hydrogen-bond acceptors (Lipinski definition) is 2. The molecule has 1 saturated carbocycles. The van der Waals surface area contributed by atoms with Gasteiger partial charge in [0.15, 0.2) is 0 Å². The SMILES string of the molecule is C=C(CC)C(=O)OCC1CCC(C)C1.